The number of hydrogen-bond donors (Lipinski definition) is 0. The molecule has 0 N–H and O–H groups in total. The van der Waals surface area contributed by atoms with Crippen LogP contribution in [-0.2, 0) is 4.79 Å². The van der Waals surface area contributed by atoms with E-state index >= 15 is 0 Å². The van der Waals surface area contributed by atoms with E-state index in [1.807, 2.05) is 4.90 Å². The maximum atomic E-state index is 11.7. The van der Waals surface area contributed by atoms with Gasteiger partial charge in [-0.25, -0.2) is 0 Å². The summed E-state index contributed by atoms with van der Waals surface area (Å²) in [4.78, 5) is 13.8. The Morgan fingerprint density at radius 3 is 2.13 bits per heavy atom. The molecule has 0 aliphatic heterocycles. The van der Waals surface area contributed by atoms with Crippen LogP contribution in [0.1, 0.15) is 65.7 Å². The quantitative estimate of drug-likeness (QED) is 0.536. The number of carbonyl (C=O) groups is 1. The standard InChI is InChI=1S/C13H27NO/c1-4-7-8-9-12-14(11-6-3)13(15)10-5-2/h4-12H2,1-3H3. The SMILES string of the molecule is CCCCCCN(CCC)C(=O)CCC. The summed E-state index contributed by atoms with van der Waals surface area (Å²) in [5.74, 6) is 0.343. The Hall–Kier alpha value is -0.530. The lowest BCUT2D eigenvalue weighted by atomic mass is 10.2. The van der Waals surface area contributed by atoms with Gasteiger partial charge in [0.05, 0.1) is 0 Å². The predicted molar refractivity (Wildman–Crippen MR) is 65.9 cm³/mol. The van der Waals surface area contributed by atoms with Gasteiger partial charge in [0.2, 0.25) is 5.91 Å². The fraction of sp³-hybridized carbons (Fsp3) is 0.923. The Morgan fingerprint density at radius 2 is 1.60 bits per heavy atom. The van der Waals surface area contributed by atoms with Crippen LogP contribution in [0.15, 0.2) is 0 Å². The summed E-state index contributed by atoms with van der Waals surface area (Å²) < 4.78 is 0. The minimum atomic E-state index is 0.343. The normalized spacial score (nSPS) is 10.3. The summed E-state index contributed by atoms with van der Waals surface area (Å²) in [7, 11) is 0. The lowest BCUT2D eigenvalue weighted by Crippen LogP contribution is -2.32. The lowest BCUT2D eigenvalue weighted by Gasteiger charge is -2.21. The third-order valence-electron chi connectivity index (χ3n) is 2.59. The van der Waals surface area contributed by atoms with E-state index in [2.05, 4.69) is 20.8 Å². The fourth-order valence-corrected chi connectivity index (χ4v) is 1.73. The summed E-state index contributed by atoms with van der Waals surface area (Å²) >= 11 is 0. The largest absolute Gasteiger partial charge is 0.343 e. The van der Waals surface area contributed by atoms with Crippen molar-refractivity contribution in [2.24, 2.45) is 0 Å². The van der Waals surface area contributed by atoms with E-state index in [0.29, 0.717) is 12.3 Å². The minimum absolute atomic E-state index is 0.343. The molecule has 0 saturated heterocycles. The number of nitrogens with zero attached hydrogens (tertiary/aromatic N) is 1. The van der Waals surface area contributed by atoms with Crippen molar-refractivity contribution >= 4 is 5.91 Å². The fourth-order valence-electron chi connectivity index (χ4n) is 1.73. The van der Waals surface area contributed by atoms with Crippen LogP contribution in [0.4, 0.5) is 0 Å². The summed E-state index contributed by atoms with van der Waals surface area (Å²) in [6.07, 6.45) is 7.74. The van der Waals surface area contributed by atoms with Crippen LogP contribution in [-0.4, -0.2) is 23.9 Å². The highest BCUT2D eigenvalue weighted by atomic mass is 16.2. The smallest absolute Gasteiger partial charge is 0.222 e. The van der Waals surface area contributed by atoms with Crippen molar-refractivity contribution < 1.29 is 4.79 Å². The Kier molecular flexibility index (Phi) is 9.65. The third-order valence-corrected chi connectivity index (χ3v) is 2.59. The molecule has 1 amide bonds. The molecular weight excluding hydrogens is 186 g/mol. The molecule has 0 heterocycles. The van der Waals surface area contributed by atoms with Gasteiger partial charge < -0.3 is 4.90 Å². The van der Waals surface area contributed by atoms with Crippen LogP contribution in [0, 0.1) is 0 Å². The molecule has 0 unspecified atom stereocenters. The summed E-state index contributed by atoms with van der Waals surface area (Å²) in [5, 5.41) is 0. The number of hydrogen-bond acceptors (Lipinski definition) is 1. The number of rotatable bonds is 9. The monoisotopic (exact) mass is 213 g/mol. The van der Waals surface area contributed by atoms with Crippen molar-refractivity contribution in [2.45, 2.75) is 65.7 Å². The molecule has 0 aromatic carbocycles. The molecule has 0 aliphatic rings. The molecule has 0 spiro atoms. The van der Waals surface area contributed by atoms with Crippen LogP contribution in [0.5, 0.6) is 0 Å². The van der Waals surface area contributed by atoms with Crippen molar-refractivity contribution in [3.63, 3.8) is 0 Å². The Morgan fingerprint density at radius 1 is 0.867 bits per heavy atom. The van der Waals surface area contributed by atoms with Gasteiger partial charge in [-0.3, -0.25) is 4.79 Å². The molecule has 0 aromatic heterocycles. The van der Waals surface area contributed by atoms with Crippen LogP contribution >= 0.6 is 0 Å². The van der Waals surface area contributed by atoms with Gasteiger partial charge in [0, 0.05) is 19.5 Å². The second-order valence-electron chi connectivity index (χ2n) is 4.19. The molecule has 0 rings (SSSR count). The van der Waals surface area contributed by atoms with Crippen LogP contribution in [0.3, 0.4) is 0 Å². The first-order valence-electron chi connectivity index (χ1n) is 6.54. The maximum Gasteiger partial charge on any atom is 0.222 e. The van der Waals surface area contributed by atoms with Gasteiger partial charge >= 0.3 is 0 Å². The summed E-state index contributed by atoms with van der Waals surface area (Å²) in [6.45, 7) is 8.32. The second-order valence-corrected chi connectivity index (χ2v) is 4.19. The molecule has 0 fully saturated rings. The molecule has 90 valence electrons. The summed E-state index contributed by atoms with van der Waals surface area (Å²) in [5.41, 5.74) is 0. The van der Waals surface area contributed by atoms with Gasteiger partial charge in [0.25, 0.3) is 0 Å². The molecule has 0 radical (unpaired) electrons. The zero-order valence-electron chi connectivity index (χ0n) is 10.7. The van der Waals surface area contributed by atoms with Gasteiger partial charge in [-0.15, -0.1) is 0 Å². The first kappa shape index (κ1) is 14.5. The van der Waals surface area contributed by atoms with Crippen molar-refractivity contribution in [3.8, 4) is 0 Å². The van der Waals surface area contributed by atoms with Gasteiger partial charge in [-0.2, -0.15) is 0 Å². The lowest BCUT2D eigenvalue weighted by molar-refractivity contribution is -0.131. The van der Waals surface area contributed by atoms with Gasteiger partial charge in [-0.1, -0.05) is 40.0 Å². The third kappa shape index (κ3) is 7.40. The molecule has 0 atom stereocenters. The van der Waals surface area contributed by atoms with E-state index in [-0.39, 0.29) is 0 Å². The number of unbranched alkanes of at least 4 members (excludes halogenated alkanes) is 3. The Labute approximate surface area is 95.0 Å². The Bertz CT molecular complexity index is 157. The molecular formula is C13H27NO. The van der Waals surface area contributed by atoms with E-state index in [4.69, 9.17) is 0 Å². The first-order chi connectivity index (χ1) is 7.26. The van der Waals surface area contributed by atoms with Gasteiger partial charge in [0.1, 0.15) is 0 Å². The van der Waals surface area contributed by atoms with Crippen LogP contribution < -0.4 is 0 Å². The molecule has 0 saturated carbocycles. The zero-order chi connectivity index (χ0) is 11.5. The first-order valence-corrected chi connectivity index (χ1v) is 6.54. The molecule has 0 bridgehead atoms. The average molecular weight is 213 g/mol. The summed E-state index contributed by atoms with van der Waals surface area (Å²) in [6, 6.07) is 0. The van der Waals surface area contributed by atoms with Gasteiger partial charge in [0.15, 0.2) is 0 Å². The van der Waals surface area contributed by atoms with Crippen molar-refractivity contribution in [3.05, 3.63) is 0 Å². The van der Waals surface area contributed by atoms with Crippen molar-refractivity contribution in [2.75, 3.05) is 13.1 Å². The second kappa shape index (κ2) is 10.0. The highest BCUT2D eigenvalue weighted by Gasteiger charge is 2.10. The minimum Gasteiger partial charge on any atom is -0.343 e. The average Bonchev–Trinajstić information content (AvgIpc) is 2.23. The predicted octanol–water partition coefficient (Wildman–Crippen LogP) is 3.61. The topological polar surface area (TPSA) is 20.3 Å². The van der Waals surface area contributed by atoms with Crippen LogP contribution in [0.25, 0.3) is 0 Å². The van der Waals surface area contributed by atoms with Crippen LogP contribution in [0.2, 0.25) is 0 Å². The van der Waals surface area contributed by atoms with E-state index < -0.39 is 0 Å². The highest BCUT2D eigenvalue weighted by Crippen LogP contribution is 2.05. The highest BCUT2D eigenvalue weighted by molar-refractivity contribution is 5.76. The number of carbonyl (C=O) groups excluding carboxylic acids is 1. The van der Waals surface area contributed by atoms with Gasteiger partial charge in [-0.05, 0) is 19.3 Å². The van der Waals surface area contributed by atoms with Crippen molar-refractivity contribution in [1.29, 1.82) is 0 Å². The van der Waals surface area contributed by atoms with E-state index in [0.717, 1.165) is 25.9 Å². The van der Waals surface area contributed by atoms with E-state index in [9.17, 15) is 4.79 Å². The molecule has 0 aromatic rings. The molecule has 15 heavy (non-hydrogen) atoms. The maximum absolute atomic E-state index is 11.7. The van der Waals surface area contributed by atoms with E-state index in [1.165, 1.54) is 25.7 Å². The molecule has 2 heteroatoms. The zero-order valence-corrected chi connectivity index (χ0v) is 10.7. The molecule has 0 aliphatic carbocycles. The number of amides is 1. The molecule has 2 nitrogen and oxygen atoms in total. The Balaban J connectivity index is 3.76. The van der Waals surface area contributed by atoms with Crippen molar-refractivity contribution in [1.82, 2.24) is 4.90 Å². The van der Waals surface area contributed by atoms with E-state index in [1.54, 1.807) is 0 Å².